The average Bonchev–Trinajstić information content (AvgIpc) is 3.53. The van der Waals surface area contributed by atoms with Gasteiger partial charge in [-0.2, -0.15) is 0 Å². The predicted octanol–water partition coefficient (Wildman–Crippen LogP) is 6.87. The Bertz CT molecular complexity index is 1820. The van der Waals surface area contributed by atoms with Crippen LogP contribution >= 0.6 is 23.1 Å². The van der Waals surface area contributed by atoms with Crippen LogP contribution in [-0.2, 0) is 0 Å². The average molecular weight is 557 g/mol. The number of benzene rings is 1. The molecule has 0 amide bonds. The molecule has 192 valence electrons. The van der Waals surface area contributed by atoms with E-state index >= 15 is 0 Å². The Morgan fingerprint density at radius 3 is 1.93 bits per heavy atom. The smallest absolute Gasteiger partial charge is 0.166 e. The van der Waals surface area contributed by atoms with Crippen LogP contribution in [0.4, 0.5) is 0 Å². The van der Waals surface area contributed by atoms with E-state index in [2.05, 4.69) is 25.1 Å². The quantitative estimate of drug-likeness (QED) is 0.169. The molecule has 6 aromatic rings. The third-order valence-corrected chi connectivity index (χ3v) is 7.65. The number of nitrogens with zero attached hydrogens (tertiary/aromatic N) is 6. The highest BCUT2D eigenvalue weighted by Gasteiger charge is 2.15. The van der Waals surface area contributed by atoms with Crippen LogP contribution in [0.5, 0.6) is 0 Å². The third-order valence-electron chi connectivity index (χ3n) is 5.81. The van der Waals surface area contributed by atoms with Crippen molar-refractivity contribution in [2.45, 2.75) is 0 Å². The van der Waals surface area contributed by atoms with Crippen molar-refractivity contribution < 1.29 is 0 Å². The molecule has 0 spiro atoms. The lowest BCUT2D eigenvalue weighted by Gasteiger charge is -2.08. The van der Waals surface area contributed by atoms with Crippen LogP contribution in [0.1, 0.15) is 11.3 Å². The first-order chi connectivity index (χ1) is 19.6. The van der Waals surface area contributed by atoms with E-state index in [4.69, 9.17) is 15.8 Å². The van der Waals surface area contributed by atoms with E-state index in [-0.39, 0.29) is 10.1 Å². The van der Waals surface area contributed by atoms with Crippen LogP contribution in [0.15, 0.2) is 109 Å². The molecule has 40 heavy (non-hydrogen) atoms. The Morgan fingerprint density at radius 2 is 1.20 bits per heavy atom. The number of rotatable bonds is 6. The Morgan fingerprint density at radius 1 is 0.575 bits per heavy atom. The van der Waals surface area contributed by atoms with Gasteiger partial charge in [0.15, 0.2) is 5.01 Å². The Kier molecular flexibility index (Phi) is 7.25. The fraction of sp³-hybridized carbons (Fsp3) is 0. The second-order valence-corrected chi connectivity index (χ2v) is 10.5. The van der Waals surface area contributed by atoms with Crippen LogP contribution in [0.25, 0.3) is 44.0 Å². The van der Waals surface area contributed by atoms with E-state index in [9.17, 15) is 0 Å². The summed E-state index contributed by atoms with van der Waals surface area (Å²) in [6.45, 7) is 0. The van der Waals surface area contributed by atoms with Crippen molar-refractivity contribution in [1.29, 1.82) is 10.8 Å². The van der Waals surface area contributed by atoms with Gasteiger partial charge in [0.1, 0.15) is 20.8 Å². The first kappa shape index (κ1) is 25.4. The summed E-state index contributed by atoms with van der Waals surface area (Å²) in [4.78, 5) is 18.0. The maximum absolute atomic E-state index is 8.66. The number of hydrogen-bond acceptors (Lipinski definition) is 10. The van der Waals surface area contributed by atoms with Crippen LogP contribution in [0, 0.1) is 10.8 Å². The molecule has 10 heteroatoms. The highest BCUT2D eigenvalue weighted by atomic mass is 32.2. The molecule has 0 saturated carbocycles. The third kappa shape index (κ3) is 5.58. The highest BCUT2D eigenvalue weighted by molar-refractivity contribution is 8.27. The summed E-state index contributed by atoms with van der Waals surface area (Å²) in [7, 11) is 0. The van der Waals surface area contributed by atoms with Crippen molar-refractivity contribution in [3.63, 3.8) is 0 Å². The number of aromatic nitrogens is 6. The van der Waals surface area contributed by atoms with Crippen LogP contribution < -0.4 is 0 Å². The molecule has 5 heterocycles. The molecule has 0 fully saturated rings. The molecule has 2 N–H and O–H groups in total. The summed E-state index contributed by atoms with van der Waals surface area (Å²) in [6, 6.07) is 30.1. The number of hydrogen-bond donors (Lipinski definition) is 2. The summed E-state index contributed by atoms with van der Waals surface area (Å²) in [5.74, 6) is 0. The van der Waals surface area contributed by atoms with E-state index in [1.807, 2.05) is 91.0 Å². The minimum Gasteiger partial charge on any atom is -0.293 e. The van der Waals surface area contributed by atoms with Gasteiger partial charge in [-0.1, -0.05) is 53.8 Å². The lowest BCUT2D eigenvalue weighted by Crippen LogP contribution is -2.04. The monoisotopic (exact) mass is 556 g/mol. The molecule has 0 radical (unpaired) electrons. The summed E-state index contributed by atoms with van der Waals surface area (Å²) < 4.78 is 0. The molecule has 0 aliphatic carbocycles. The second kappa shape index (κ2) is 11.4. The minimum atomic E-state index is 0.185. The molecule has 0 atom stereocenters. The fourth-order valence-corrected chi connectivity index (χ4v) is 5.36. The fourth-order valence-electron chi connectivity index (χ4n) is 3.88. The summed E-state index contributed by atoms with van der Waals surface area (Å²) in [6.07, 6.45) is 3.45. The maximum atomic E-state index is 8.66. The van der Waals surface area contributed by atoms with Crippen LogP contribution in [-0.4, -0.2) is 40.2 Å². The second-order valence-electron chi connectivity index (χ2n) is 8.50. The Balaban J connectivity index is 1.19. The van der Waals surface area contributed by atoms with Crippen LogP contribution in [0.2, 0.25) is 0 Å². The molecular formula is C30H20N8S2. The van der Waals surface area contributed by atoms with E-state index in [1.54, 1.807) is 18.5 Å². The van der Waals surface area contributed by atoms with Crippen molar-refractivity contribution in [2.75, 3.05) is 0 Å². The van der Waals surface area contributed by atoms with Crippen molar-refractivity contribution in [1.82, 2.24) is 30.1 Å². The van der Waals surface area contributed by atoms with E-state index in [0.717, 1.165) is 45.1 Å². The minimum absolute atomic E-state index is 0.185. The molecule has 8 nitrogen and oxygen atoms in total. The first-order valence-electron chi connectivity index (χ1n) is 12.2. The highest BCUT2D eigenvalue weighted by Crippen LogP contribution is 2.31. The zero-order valence-corrected chi connectivity index (χ0v) is 22.5. The summed E-state index contributed by atoms with van der Waals surface area (Å²) in [5, 5.41) is 27.8. The molecule has 0 aliphatic heterocycles. The first-order valence-corrected chi connectivity index (χ1v) is 13.8. The van der Waals surface area contributed by atoms with Gasteiger partial charge in [-0.3, -0.25) is 20.8 Å². The van der Waals surface area contributed by atoms with Gasteiger partial charge < -0.3 is 0 Å². The zero-order chi connectivity index (χ0) is 27.3. The maximum Gasteiger partial charge on any atom is 0.166 e. The SMILES string of the molecule is N=C(SC(=N)c1cccc(-c2ccccn2)n1)c1cccc(-c2nnc(-c3cccc(-c4ccccn4)n3)s2)c1. The van der Waals surface area contributed by atoms with Crippen LogP contribution in [0.3, 0.4) is 0 Å². The predicted molar refractivity (Wildman–Crippen MR) is 161 cm³/mol. The van der Waals surface area contributed by atoms with Crippen molar-refractivity contribution in [3.05, 3.63) is 121 Å². The van der Waals surface area contributed by atoms with E-state index in [0.29, 0.717) is 22.0 Å². The molecule has 0 bridgehead atoms. The van der Waals surface area contributed by atoms with Gasteiger partial charge in [-0.25, -0.2) is 9.97 Å². The molecular weight excluding hydrogens is 537 g/mol. The number of pyridine rings is 4. The lowest BCUT2D eigenvalue weighted by molar-refractivity contribution is 1.09. The van der Waals surface area contributed by atoms with E-state index < -0.39 is 0 Å². The van der Waals surface area contributed by atoms with Gasteiger partial charge in [0, 0.05) is 23.5 Å². The van der Waals surface area contributed by atoms with Crippen molar-refractivity contribution in [2.24, 2.45) is 0 Å². The Hall–Kier alpha value is -4.93. The zero-order valence-electron chi connectivity index (χ0n) is 20.9. The normalized spacial score (nSPS) is 10.8. The number of nitrogens with one attached hydrogen (secondary N) is 2. The van der Waals surface area contributed by atoms with Gasteiger partial charge in [-0.05, 0) is 66.4 Å². The molecule has 0 unspecified atom stereocenters. The van der Waals surface area contributed by atoms with E-state index in [1.165, 1.54) is 11.3 Å². The summed E-state index contributed by atoms with van der Waals surface area (Å²) in [5.41, 5.74) is 5.72. The molecule has 5 aromatic heterocycles. The largest absolute Gasteiger partial charge is 0.293 e. The Labute approximate surface area is 238 Å². The van der Waals surface area contributed by atoms with Gasteiger partial charge in [0.25, 0.3) is 0 Å². The van der Waals surface area contributed by atoms with Gasteiger partial charge >= 0.3 is 0 Å². The molecule has 0 aliphatic rings. The molecule has 1 aromatic carbocycles. The topological polar surface area (TPSA) is 125 Å². The lowest BCUT2D eigenvalue weighted by atomic mass is 10.1. The molecule has 0 saturated heterocycles. The van der Waals surface area contributed by atoms with Crippen molar-refractivity contribution >= 4 is 33.2 Å². The van der Waals surface area contributed by atoms with Crippen molar-refractivity contribution in [3.8, 4) is 44.0 Å². The molecule has 6 rings (SSSR count). The summed E-state index contributed by atoms with van der Waals surface area (Å²) >= 11 is 2.48. The van der Waals surface area contributed by atoms with Gasteiger partial charge in [-0.15, -0.1) is 10.2 Å². The number of thioether (sulfide) groups is 1. The van der Waals surface area contributed by atoms with Gasteiger partial charge in [0.05, 0.1) is 28.5 Å². The standard InChI is InChI=1S/C30H20N8S2/c31-27(39-28(32)25-14-6-12-23(35-25)21-10-1-3-16-33-21)19-8-5-9-20(18-19)29-37-38-30(40-29)26-15-7-13-24(36-26)22-11-2-4-17-34-22/h1-18,31-32H. The van der Waals surface area contributed by atoms with Gasteiger partial charge in [0.2, 0.25) is 0 Å².